The van der Waals surface area contributed by atoms with Crippen LogP contribution in [0.3, 0.4) is 0 Å². The molecule has 0 unspecified atom stereocenters. The summed E-state index contributed by atoms with van der Waals surface area (Å²) in [6.45, 7) is 2.05. The van der Waals surface area contributed by atoms with Crippen LogP contribution in [0.1, 0.15) is 17.4 Å². The van der Waals surface area contributed by atoms with Crippen molar-refractivity contribution in [3.05, 3.63) is 35.8 Å². The highest BCUT2D eigenvalue weighted by molar-refractivity contribution is 5.95. The van der Waals surface area contributed by atoms with E-state index in [-0.39, 0.29) is 5.82 Å². The van der Waals surface area contributed by atoms with Crippen molar-refractivity contribution in [2.45, 2.75) is 6.92 Å². The van der Waals surface area contributed by atoms with Crippen molar-refractivity contribution in [1.82, 2.24) is 4.57 Å². The van der Waals surface area contributed by atoms with Gasteiger partial charge in [-0.25, -0.2) is 9.18 Å². The molecular formula is C12H12FNO2. The second-order valence-corrected chi connectivity index (χ2v) is 3.49. The SMILES string of the molecule is CCOC(=O)c1cc2cccc(F)c2n1C. The Hall–Kier alpha value is -1.84. The van der Waals surface area contributed by atoms with E-state index in [1.165, 1.54) is 10.6 Å². The summed E-state index contributed by atoms with van der Waals surface area (Å²) in [5.41, 5.74) is 0.785. The average Bonchev–Trinajstić information content (AvgIpc) is 2.58. The van der Waals surface area contributed by atoms with Crippen LogP contribution in [-0.2, 0) is 11.8 Å². The predicted molar refractivity (Wildman–Crippen MR) is 58.8 cm³/mol. The number of rotatable bonds is 2. The number of carbonyl (C=O) groups excluding carboxylic acids is 1. The lowest BCUT2D eigenvalue weighted by Gasteiger charge is -2.03. The minimum absolute atomic E-state index is 0.308. The normalized spacial score (nSPS) is 10.7. The molecule has 0 saturated carbocycles. The summed E-state index contributed by atoms with van der Waals surface area (Å²) in [6.07, 6.45) is 0. The van der Waals surface area contributed by atoms with Gasteiger partial charge in [-0.3, -0.25) is 0 Å². The zero-order valence-corrected chi connectivity index (χ0v) is 9.16. The summed E-state index contributed by atoms with van der Waals surface area (Å²) in [4.78, 5) is 11.6. The topological polar surface area (TPSA) is 31.2 Å². The molecule has 4 heteroatoms. The minimum atomic E-state index is -0.430. The zero-order valence-electron chi connectivity index (χ0n) is 9.16. The lowest BCUT2D eigenvalue weighted by atomic mass is 10.2. The van der Waals surface area contributed by atoms with Gasteiger partial charge < -0.3 is 9.30 Å². The molecule has 0 saturated heterocycles. The minimum Gasteiger partial charge on any atom is -0.461 e. The van der Waals surface area contributed by atoms with Crippen LogP contribution in [0, 0.1) is 5.82 Å². The Morgan fingerprint density at radius 2 is 2.25 bits per heavy atom. The van der Waals surface area contributed by atoms with E-state index in [2.05, 4.69) is 0 Å². The molecule has 1 heterocycles. The zero-order chi connectivity index (χ0) is 11.7. The molecule has 0 radical (unpaired) electrons. The molecule has 2 rings (SSSR count). The van der Waals surface area contributed by atoms with Gasteiger partial charge in [0, 0.05) is 12.4 Å². The summed E-state index contributed by atoms with van der Waals surface area (Å²) in [6, 6.07) is 6.39. The molecule has 0 aliphatic heterocycles. The van der Waals surface area contributed by atoms with Crippen LogP contribution in [0.25, 0.3) is 10.9 Å². The first-order chi connectivity index (χ1) is 7.65. The maximum atomic E-state index is 13.5. The molecule has 1 aromatic heterocycles. The number of hydrogen-bond donors (Lipinski definition) is 0. The lowest BCUT2D eigenvalue weighted by Crippen LogP contribution is -2.09. The van der Waals surface area contributed by atoms with Gasteiger partial charge in [0.15, 0.2) is 0 Å². The van der Waals surface area contributed by atoms with Crippen molar-refractivity contribution in [1.29, 1.82) is 0 Å². The fourth-order valence-corrected chi connectivity index (χ4v) is 1.77. The van der Waals surface area contributed by atoms with Gasteiger partial charge in [0.25, 0.3) is 0 Å². The van der Waals surface area contributed by atoms with Crippen LogP contribution in [-0.4, -0.2) is 17.1 Å². The molecule has 2 aromatic rings. The molecule has 0 fully saturated rings. The number of fused-ring (bicyclic) bond motifs is 1. The van der Waals surface area contributed by atoms with Crippen LogP contribution in [0.5, 0.6) is 0 Å². The molecule has 84 valence electrons. The molecule has 0 atom stereocenters. The van der Waals surface area contributed by atoms with Gasteiger partial charge in [-0.15, -0.1) is 0 Å². The van der Waals surface area contributed by atoms with Crippen molar-refractivity contribution < 1.29 is 13.9 Å². The van der Waals surface area contributed by atoms with E-state index in [1.54, 1.807) is 32.2 Å². The van der Waals surface area contributed by atoms with E-state index >= 15 is 0 Å². The number of benzene rings is 1. The van der Waals surface area contributed by atoms with Crippen molar-refractivity contribution in [2.75, 3.05) is 6.61 Å². The van der Waals surface area contributed by atoms with Crippen LogP contribution in [0.4, 0.5) is 4.39 Å². The van der Waals surface area contributed by atoms with E-state index in [4.69, 9.17) is 4.74 Å². The number of nitrogens with zero attached hydrogens (tertiary/aromatic N) is 1. The number of halogens is 1. The molecule has 3 nitrogen and oxygen atoms in total. The Labute approximate surface area is 92.4 Å². The van der Waals surface area contributed by atoms with Crippen LogP contribution >= 0.6 is 0 Å². The molecular weight excluding hydrogens is 209 g/mol. The number of ether oxygens (including phenoxy) is 1. The second-order valence-electron chi connectivity index (χ2n) is 3.49. The van der Waals surface area contributed by atoms with E-state index in [0.29, 0.717) is 23.2 Å². The van der Waals surface area contributed by atoms with Crippen LogP contribution in [0.2, 0.25) is 0 Å². The van der Waals surface area contributed by atoms with Gasteiger partial charge in [-0.1, -0.05) is 12.1 Å². The number of esters is 1. The van der Waals surface area contributed by atoms with Gasteiger partial charge in [0.05, 0.1) is 12.1 Å². The fourth-order valence-electron chi connectivity index (χ4n) is 1.77. The number of aromatic nitrogens is 1. The van der Waals surface area contributed by atoms with Crippen molar-refractivity contribution in [3.63, 3.8) is 0 Å². The average molecular weight is 221 g/mol. The van der Waals surface area contributed by atoms with E-state index in [9.17, 15) is 9.18 Å². The Bertz CT molecular complexity index is 545. The molecule has 0 aliphatic carbocycles. The predicted octanol–water partition coefficient (Wildman–Crippen LogP) is 2.49. The number of carbonyl (C=O) groups is 1. The maximum absolute atomic E-state index is 13.5. The van der Waals surface area contributed by atoms with Crippen molar-refractivity contribution >= 4 is 16.9 Å². The first-order valence-corrected chi connectivity index (χ1v) is 5.06. The molecule has 0 bridgehead atoms. The summed E-state index contributed by atoms with van der Waals surface area (Å²) in [5.74, 6) is -0.767. The van der Waals surface area contributed by atoms with E-state index in [0.717, 1.165) is 0 Å². The van der Waals surface area contributed by atoms with Gasteiger partial charge >= 0.3 is 5.97 Å². The summed E-state index contributed by atoms with van der Waals surface area (Å²) in [7, 11) is 1.65. The van der Waals surface area contributed by atoms with Crippen LogP contribution in [0.15, 0.2) is 24.3 Å². The molecule has 0 aliphatic rings. The standard InChI is InChI=1S/C12H12FNO2/c1-3-16-12(15)10-7-8-5-4-6-9(13)11(8)14(10)2/h4-7H,3H2,1-2H3. The van der Waals surface area contributed by atoms with Gasteiger partial charge in [0.2, 0.25) is 0 Å². The third-order valence-corrected chi connectivity index (χ3v) is 2.49. The number of hydrogen-bond acceptors (Lipinski definition) is 2. The molecule has 0 spiro atoms. The highest BCUT2D eigenvalue weighted by Crippen LogP contribution is 2.21. The highest BCUT2D eigenvalue weighted by Gasteiger charge is 2.15. The number of para-hydroxylation sites is 1. The van der Waals surface area contributed by atoms with E-state index < -0.39 is 5.97 Å². The van der Waals surface area contributed by atoms with Gasteiger partial charge in [-0.05, 0) is 19.1 Å². The Morgan fingerprint density at radius 3 is 2.88 bits per heavy atom. The Balaban J connectivity index is 2.61. The van der Waals surface area contributed by atoms with Crippen molar-refractivity contribution in [2.24, 2.45) is 7.05 Å². The third kappa shape index (κ3) is 1.56. The Kier molecular flexibility index (Phi) is 2.64. The third-order valence-electron chi connectivity index (χ3n) is 2.49. The monoisotopic (exact) mass is 221 g/mol. The maximum Gasteiger partial charge on any atom is 0.354 e. The fraction of sp³-hybridized carbons (Fsp3) is 0.250. The number of aryl methyl sites for hydroxylation is 1. The Morgan fingerprint density at radius 1 is 1.50 bits per heavy atom. The molecule has 16 heavy (non-hydrogen) atoms. The molecule has 1 aromatic carbocycles. The summed E-state index contributed by atoms with van der Waals surface area (Å²) < 4.78 is 19.9. The van der Waals surface area contributed by atoms with E-state index in [1.807, 2.05) is 0 Å². The van der Waals surface area contributed by atoms with Crippen molar-refractivity contribution in [3.8, 4) is 0 Å². The second kappa shape index (κ2) is 3.96. The summed E-state index contributed by atoms with van der Waals surface area (Å²) in [5, 5.41) is 0.700. The summed E-state index contributed by atoms with van der Waals surface area (Å²) >= 11 is 0. The lowest BCUT2D eigenvalue weighted by molar-refractivity contribution is 0.0516. The smallest absolute Gasteiger partial charge is 0.354 e. The quantitative estimate of drug-likeness (QED) is 0.729. The van der Waals surface area contributed by atoms with Crippen LogP contribution < -0.4 is 0 Å². The molecule has 0 amide bonds. The largest absolute Gasteiger partial charge is 0.461 e. The first-order valence-electron chi connectivity index (χ1n) is 5.06. The highest BCUT2D eigenvalue weighted by atomic mass is 19.1. The first kappa shape index (κ1) is 10.7. The van der Waals surface area contributed by atoms with Gasteiger partial charge in [0.1, 0.15) is 11.5 Å². The van der Waals surface area contributed by atoms with Gasteiger partial charge in [-0.2, -0.15) is 0 Å². The molecule has 0 N–H and O–H groups in total.